The van der Waals surface area contributed by atoms with Gasteiger partial charge in [-0.25, -0.2) is 5.21 Å². The predicted molar refractivity (Wildman–Crippen MR) is 115 cm³/mol. The molecule has 2 aromatic carbocycles. The molecule has 1 aliphatic carbocycles. The molecule has 0 fully saturated rings. The molecule has 0 spiro atoms. The van der Waals surface area contributed by atoms with E-state index >= 15 is 0 Å². The number of carbonyl (C=O) groups is 2. The molecule has 31 heavy (non-hydrogen) atoms. The maximum atomic E-state index is 13.3. The number of phenolic OH excluding ortho intramolecular Hbond substituents is 2. The number of nitrogens with zero attached hydrogens (tertiary/aromatic N) is 2. The minimum Gasteiger partial charge on any atom is -0.785 e. The molecular formula is C21H26N4O6. The SMILES string of the molecule is CN([O-])CCNc1ccc(NCC[N+](C)(C)O)c2c1C(=O)c1c(O)ccc(O)c1C2=O. The van der Waals surface area contributed by atoms with E-state index in [4.69, 9.17) is 0 Å². The normalized spacial score (nSPS) is 13.2. The molecule has 1 aliphatic rings. The molecule has 5 N–H and O–H groups in total. The van der Waals surface area contributed by atoms with Gasteiger partial charge in [-0.05, 0) is 31.3 Å². The van der Waals surface area contributed by atoms with Crippen LogP contribution in [0, 0.1) is 5.21 Å². The minimum atomic E-state index is -0.613. The van der Waals surface area contributed by atoms with Crippen molar-refractivity contribution in [2.24, 2.45) is 0 Å². The zero-order valence-corrected chi connectivity index (χ0v) is 17.6. The molecule has 10 heteroatoms. The first-order valence-electron chi connectivity index (χ1n) is 9.74. The number of hydrogen-bond acceptors (Lipinski definition) is 9. The molecule has 2 aromatic rings. The Labute approximate surface area is 179 Å². The molecule has 10 nitrogen and oxygen atoms in total. The average Bonchev–Trinajstić information content (AvgIpc) is 2.67. The van der Waals surface area contributed by atoms with Gasteiger partial charge in [-0.2, -0.15) is 4.65 Å². The van der Waals surface area contributed by atoms with Crippen LogP contribution in [0.3, 0.4) is 0 Å². The molecule has 3 rings (SSSR count). The van der Waals surface area contributed by atoms with Crippen molar-refractivity contribution in [3.8, 4) is 11.5 Å². The van der Waals surface area contributed by atoms with Gasteiger partial charge < -0.3 is 31.1 Å². The second-order valence-corrected chi connectivity index (χ2v) is 7.97. The molecule has 0 saturated heterocycles. The van der Waals surface area contributed by atoms with Gasteiger partial charge >= 0.3 is 0 Å². The van der Waals surface area contributed by atoms with E-state index in [0.29, 0.717) is 24.5 Å². The molecule has 0 aliphatic heterocycles. The third-order valence-corrected chi connectivity index (χ3v) is 4.99. The van der Waals surface area contributed by atoms with E-state index in [1.54, 1.807) is 26.2 Å². The Balaban J connectivity index is 2.09. The van der Waals surface area contributed by atoms with Crippen LogP contribution in [0.1, 0.15) is 31.8 Å². The monoisotopic (exact) mass is 430 g/mol. The number of nitrogens with one attached hydrogen (secondary N) is 2. The second kappa shape index (κ2) is 8.52. The molecule has 0 heterocycles. The number of carbonyl (C=O) groups excluding carboxylic acids is 2. The lowest BCUT2D eigenvalue weighted by atomic mass is 9.81. The highest BCUT2D eigenvalue weighted by molar-refractivity contribution is 6.33. The quantitative estimate of drug-likeness (QED) is 0.204. The standard InChI is InChI=1S/C21H26N4O6/c1-24(30)10-8-22-12-4-5-13(23-9-11-25(2,3)31)17-16(12)20(28)18-14(26)6-7-15(27)19(18)21(17)29/h4-7,22-23,26-27,31H,8-11H2,1-3H3. The summed E-state index contributed by atoms with van der Waals surface area (Å²) in [4.78, 5) is 26.7. The van der Waals surface area contributed by atoms with E-state index in [1.807, 2.05) is 0 Å². The van der Waals surface area contributed by atoms with Gasteiger partial charge in [0.25, 0.3) is 0 Å². The van der Waals surface area contributed by atoms with Crippen LogP contribution >= 0.6 is 0 Å². The van der Waals surface area contributed by atoms with Crippen molar-refractivity contribution in [1.29, 1.82) is 0 Å². The fourth-order valence-corrected chi connectivity index (χ4v) is 3.47. The summed E-state index contributed by atoms with van der Waals surface area (Å²) in [5.41, 5.74) is 0.299. The van der Waals surface area contributed by atoms with E-state index < -0.39 is 23.1 Å². The molecule has 0 bridgehead atoms. The van der Waals surface area contributed by atoms with Crippen LogP contribution in [0.2, 0.25) is 0 Å². The van der Waals surface area contributed by atoms with Gasteiger partial charge in [-0.3, -0.25) is 9.59 Å². The average molecular weight is 430 g/mol. The highest BCUT2D eigenvalue weighted by atomic mass is 16.5. The van der Waals surface area contributed by atoms with E-state index in [-0.39, 0.29) is 40.0 Å². The molecule has 0 radical (unpaired) electrons. The summed E-state index contributed by atoms with van der Waals surface area (Å²) in [6.45, 7) is 1.03. The fraction of sp³-hybridized carbons (Fsp3) is 0.333. The number of ketones is 2. The zero-order valence-electron chi connectivity index (χ0n) is 17.6. The lowest BCUT2D eigenvalue weighted by molar-refractivity contribution is -1.07. The van der Waals surface area contributed by atoms with Crippen LogP contribution in [0.25, 0.3) is 0 Å². The number of hydrogen-bond donors (Lipinski definition) is 5. The molecule has 0 amide bonds. The Kier molecular flexibility index (Phi) is 6.18. The van der Waals surface area contributed by atoms with Crippen molar-refractivity contribution in [2.45, 2.75) is 0 Å². The van der Waals surface area contributed by atoms with Crippen LogP contribution in [0.15, 0.2) is 24.3 Å². The summed E-state index contributed by atoms with van der Waals surface area (Å²) >= 11 is 0. The fourth-order valence-electron chi connectivity index (χ4n) is 3.47. The minimum absolute atomic E-state index is 0.0506. The van der Waals surface area contributed by atoms with Crippen LogP contribution < -0.4 is 10.6 Å². The first-order valence-corrected chi connectivity index (χ1v) is 9.74. The van der Waals surface area contributed by atoms with Crippen LogP contribution in [-0.2, 0) is 0 Å². The van der Waals surface area contributed by atoms with E-state index in [9.17, 15) is 30.2 Å². The smallest absolute Gasteiger partial charge is 0.200 e. The number of rotatable bonds is 8. The van der Waals surface area contributed by atoms with Crippen molar-refractivity contribution >= 4 is 22.9 Å². The highest BCUT2D eigenvalue weighted by Gasteiger charge is 2.38. The third-order valence-electron chi connectivity index (χ3n) is 4.99. The van der Waals surface area contributed by atoms with Gasteiger partial charge in [0.1, 0.15) is 18.0 Å². The van der Waals surface area contributed by atoms with Gasteiger partial charge in [-0.15, -0.1) is 0 Å². The molecule has 0 aromatic heterocycles. The molecular weight excluding hydrogens is 404 g/mol. The van der Waals surface area contributed by atoms with Gasteiger partial charge in [0.05, 0.1) is 42.9 Å². The maximum Gasteiger partial charge on any atom is 0.200 e. The van der Waals surface area contributed by atoms with Crippen molar-refractivity contribution in [3.63, 3.8) is 0 Å². The first kappa shape index (κ1) is 22.5. The van der Waals surface area contributed by atoms with Crippen molar-refractivity contribution in [3.05, 3.63) is 51.7 Å². The van der Waals surface area contributed by atoms with Crippen LogP contribution in [0.5, 0.6) is 11.5 Å². The Morgan fingerprint density at radius 3 is 1.74 bits per heavy atom. The Hall–Kier alpha value is -3.18. The van der Waals surface area contributed by atoms with Gasteiger partial charge in [-0.1, -0.05) is 0 Å². The number of fused-ring (bicyclic) bond motifs is 2. The Morgan fingerprint density at radius 2 is 1.32 bits per heavy atom. The van der Waals surface area contributed by atoms with Gasteiger partial charge in [0.15, 0.2) is 0 Å². The molecule has 166 valence electrons. The number of quaternary nitrogens is 1. The van der Waals surface area contributed by atoms with Crippen molar-refractivity contribution in [1.82, 2.24) is 5.06 Å². The second-order valence-electron chi connectivity index (χ2n) is 7.97. The zero-order chi connectivity index (χ0) is 22.9. The highest BCUT2D eigenvalue weighted by Crippen LogP contribution is 2.42. The predicted octanol–water partition coefficient (Wildman–Crippen LogP) is 1.59. The lowest BCUT2D eigenvalue weighted by Crippen LogP contribution is -2.39. The third kappa shape index (κ3) is 4.62. The molecule has 0 saturated carbocycles. The topological polar surface area (TPSA) is 145 Å². The summed E-state index contributed by atoms with van der Waals surface area (Å²) < 4.78 is -0.290. The first-order chi connectivity index (χ1) is 14.5. The van der Waals surface area contributed by atoms with Crippen LogP contribution in [0.4, 0.5) is 11.4 Å². The summed E-state index contributed by atoms with van der Waals surface area (Å²) in [7, 11) is 4.57. The van der Waals surface area contributed by atoms with Crippen molar-refractivity contribution in [2.75, 3.05) is 58.0 Å². The summed E-state index contributed by atoms with van der Waals surface area (Å²) in [6.07, 6.45) is 0. The number of aromatic hydroxyl groups is 2. The largest absolute Gasteiger partial charge is 0.785 e. The van der Waals surface area contributed by atoms with Crippen LogP contribution in [-0.4, -0.2) is 84.0 Å². The summed E-state index contributed by atoms with van der Waals surface area (Å²) in [5.74, 6) is -2.03. The Morgan fingerprint density at radius 1 is 0.871 bits per heavy atom. The number of anilines is 2. The lowest BCUT2D eigenvalue weighted by Gasteiger charge is -2.26. The van der Waals surface area contributed by atoms with E-state index in [0.717, 1.165) is 17.2 Å². The van der Waals surface area contributed by atoms with E-state index in [1.165, 1.54) is 7.05 Å². The van der Waals surface area contributed by atoms with Crippen molar-refractivity contribution < 1.29 is 29.7 Å². The Bertz CT molecular complexity index is 1030. The number of hydroxylamine groups is 5. The molecule has 0 unspecified atom stereocenters. The van der Waals surface area contributed by atoms with Gasteiger partial charge in [0.2, 0.25) is 11.6 Å². The van der Waals surface area contributed by atoms with Gasteiger partial charge in [0, 0.05) is 24.5 Å². The number of phenols is 2. The van der Waals surface area contributed by atoms with E-state index in [2.05, 4.69) is 10.6 Å². The summed E-state index contributed by atoms with van der Waals surface area (Å²) in [5, 5.41) is 48.4. The summed E-state index contributed by atoms with van der Waals surface area (Å²) in [6, 6.07) is 5.55. The number of benzene rings is 2. The number of likely N-dealkylation sites (N-methyl/N-ethyl adjacent to an activating group) is 2. The maximum absolute atomic E-state index is 13.3. The molecule has 0 atom stereocenters.